The molecule has 0 spiro atoms. The number of benzene rings is 2. The fourth-order valence-corrected chi connectivity index (χ4v) is 3.66. The number of allylic oxidation sites excluding steroid dienone is 1. The van der Waals surface area contributed by atoms with Gasteiger partial charge in [-0.1, -0.05) is 36.0 Å². The number of aromatic nitrogens is 3. The summed E-state index contributed by atoms with van der Waals surface area (Å²) in [5, 5.41) is 11.4. The second-order valence-corrected chi connectivity index (χ2v) is 7.68. The van der Waals surface area contributed by atoms with E-state index < -0.39 is 17.6 Å². The highest BCUT2D eigenvalue weighted by atomic mass is 32.2. The van der Waals surface area contributed by atoms with Gasteiger partial charge in [0.1, 0.15) is 11.6 Å². The molecule has 10 heteroatoms. The van der Waals surface area contributed by atoms with Crippen LogP contribution in [0.3, 0.4) is 0 Å². The highest BCUT2D eigenvalue weighted by Crippen LogP contribution is 2.30. The van der Waals surface area contributed by atoms with Crippen molar-refractivity contribution >= 4 is 23.4 Å². The number of anilines is 1. The molecule has 0 bridgehead atoms. The number of thioether (sulfide) groups is 1. The first-order valence-electron chi connectivity index (χ1n) is 9.56. The second-order valence-electron chi connectivity index (χ2n) is 6.74. The Balaban J connectivity index is 1.65. The topological polar surface area (TPSA) is 69.0 Å². The molecule has 0 atom stereocenters. The van der Waals surface area contributed by atoms with Gasteiger partial charge in [0.05, 0.1) is 18.4 Å². The summed E-state index contributed by atoms with van der Waals surface area (Å²) in [5.74, 6) is 0.980. The van der Waals surface area contributed by atoms with Crippen molar-refractivity contribution in [2.24, 2.45) is 0 Å². The van der Waals surface area contributed by atoms with Crippen LogP contribution in [0.1, 0.15) is 17.0 Å². The molecule has 0 saturated carbocycles. The maximum atomic E-state index is 12.8. The molecule has 0 fully saturated rings. The van der Waals surface area contributed by atoms with Gasteiger partial charge in [-0.15, -0.1) is 16.8 Å². The lowest BCUT2D eigenvalue weighted by Gasteiger charge is -2.10. The van der Waals surface area contributed by atoms with E-state index in [2.05, 4.69) is 22.1 Å². The quantitative estimate of drug-likeness (QED) is 0.365. The number of ether oxygens (including phenoxy) is 1. The molecule has 1 amide bonds. The van der Waals surface area contributed by atoms with Crippen molar-refractivity contribution < 1.29 is 22.7 Å². The molecule has 3 aromatic rings. The van der Waals surface area contributed by atoms with Crippen LogP contribution in [-0.4, -0.2) is 33.5 Å². The highest BCUT2D eigenvalue weighted by Gasteiger charge is 2.30. The Kier molecular flexibility index (Phi) is 7.57. The molecule has 168 valence electrons. The van der Waals surface area contributed by atoms with Gasteiger partial charge in [0.15, 0.2) is 5.16 Å². The van der Waals surface area contributed by atoms with E-state index >= 15 is 0 Å². The molecule has 3 rings (SSSR count). The zero-order valence-electron chi connectivity index (χ0n) is 17.2. The van der Waals surface area contributed by atoms with Crippen LogP contribution in [-0.2, 0) is 23.9 Å². The van der Waals surface area contributed by atoms with E-state index in [0.29, 0.717) is 23.9 Å². The predicted molar refractivity (Wildman–Crippen MR) is 117 cm³/mol. The number of carbonyl (C=O) groups is 1. The minimum atomic E-state index is -4.48. The molecular weight excluding hydrogens is 441 g/mol. The molecule has 0 aliphatic heterocycles. The summed E-state index contributed by atoms with van der Waals surface area (Å²) >= 11 is 1.15. The highest BCUT2D eigenvalue weighted by molar-refractivity contribution is 7.99. The monoisotopic (exact) mass is 462 g/mol. The van der Waals surface area contributed by atoms with E-state index in [1.54, 1.807) is 13.2 Å². The van der Waals surface area contributed by atoms with Crippen molar-refractivity contribution in [3.63, 3.8) is 0 Å². The molecule has 6 nitrogen and oxygen atoms in total. The van der Waals surface area contributed by atoms with Crippen molar-refractivity contribution in [1.82, 2.24) is 14.8 Å². The van der Waals surface area contributed by atoms with Gasteiger partial charge in [-0.3, -0.25) is 4.79 Å². The van der Waals surface area contributed by atoms with Crippen molar-refractivity contribution in [2.75, 3.05) is 18.2 Å². The predicted octanol–water partition coefficient (Wildman–Crippen LogP) is 4.81. The summed E-state index contributed by atoms with van der Waals surface area (Å²) in [7, 11) is 1.60. The van der Waals surface area contributed by atoms with Crippen LogP contribution in [0.4, 0.5) is 18.9 Å². The number of hydrogen-bond acceptors (Lipinski definition) is 5. The van der Waals surface area contributed by atoms with Gasteiger partial charge in [-0.25, -0.2) is 0 Å². The zero-order chi connectivity index (χ0) is 23.1. The summed E-state index contributed by atoms with van der Waals surface area (Å²) in [6.07, 6.45) is -2.24. The number of rotatable bonds is 9. The minimum Gasteiger partial charge on any atom is -0.497 e. The van der Waals surface area contributed by atoms with Crippen LogP contribution in [0.2, 0.25) is 0 Å². The van der Waals surface area contributed by atoms with Crippen LogP contribution in [0.25, 0.3) is 0 Å². The molecule has 1 heterocycles. The maximum absolute atomic E-state index is 12.8. The molecule has 0 saturated heterocycles. The number of alkyl halides is 3. The third-order valence-electron chi connectivity index (χ3n) is 4.43. The van der Waals surface area contributed by atoms with Gasteiger partial charge >= 0.3 is 6.18 Å². The fourth-order valence-electron chi connectivity index (χ4n) is 2.90. The van der Waals surface area contributed by atoms with Crippen molar-refractivity contribution in [2.45, 2.75) is 24.3 Å². The van der Waals surface area contributed by atoms with Crippen molar-refractivity contribution in [1.29, 1.82) is 0 Å². The lowest BCUT2D eigenvalue weighted by atomic mass is 10.1. The van der Waals surface area contributed by atoms with E-state index in [1.165, 1.54) is 12.1 Å². The number of hydrogen-bond donors (Lipinski definition) is 1. The first-order valence-corrected chi connectivity index (χ1v) is 10.5. The first-order chi connectivity index (χ1) is 15.3. The third-order valence-corrected chi connectivity index (χ3v) is 5.40. The lowest BCUT2D eigenvalue weighted by Crippen LogP contribution is -2.15. The standard InChI is InChI=1S/C22H21F3N4O2S/c1-3-11-29-19(12-15-7-9-18(31-2)10-8-15)27-28-21(29)32-14-20(30)26-17-6-4-5-16(13-17)22(23,24)25/h3-10,13H,1,11-12,14H2,2H3,(H,26,30). The molecule has 32 heavy (non-hydrogen) atoms. The maximum Gasteiger partial charge on any atom is 0.416 e. The van der Waals surface area contributed by atoms with Crippen LogP contribution >= 0.6 is 11.8 Å². The Morgan fingerprint density at radius 1 is 1.22 bits per heavy atom. The van der Waals surface area contributed by atoms with Gasteiger partial charge in [-0.05, 0) is 35.9 Å². The summed E-state index contributed by atoms with van der Waals surface area (Å²) in [6, 6.07) is 12.1. The SMILES string of the molecule is C=CCn1c(Cc2ccc(OC)cc2)nnc1SCC(=O)Nc1cccc(C(F)(F)F)c1. The second kappa shape index (κ2) is 10.4. The number of amides is 1. The summed E-state index contributed by atoms with van der Waals surface area (Å²) in [6.45, 7) is 4.21. The Bertz CT molecular complexity index is 1080. The molecule has 1 N–H and O–H groups in total. The molecule has 0 radical (unpaired) electrons. The molecule has 0 aliphatic rings. The Hall–Kier alpha value is -3.27. The summed E-state index contributed by atoms with van der Waals surface area (Å²) in [4.78, 5) is 12.3. The molecule has 0 aliphatic carbocycles. The third kappa shape index (κ3) is 6.13. The summed E-state index contributed by atoms with van der Waals surface area (Å²) in [5.41, 5.74) is 0.275. The Morgan fingerprint density at radius 3 is 2.62 bits per heavy atom. The Morgan fingerprint density at radius 2 is 1.97 bits per heavy atom. The minimum absolute atomic E-state index is 0.0337. The van der Waals surface area contributed by atoms with Crippen LogP contribution in [0, 0.1) is 0 Å². The van der Waals surface area contributed by atoms with Crippen molar-refractivity contribution in [3.05, 3.63) is 78.1 Å². The van der Waals surface area contributed by atoms with E-state index in [-0.39, 0.29) is 11.4 Å². The Labute approximate surface area is 187 Å². The lowest BCUT2D eigenvalue weighted by molar-refractivity contribution is -0.137. The van der Waals surface area contributed by atoms with Gasteiger partial charge in [0.25, 0.3) is 0 Å². The van der Waals surface area contributed by atoms with Crippen LogP contribution < -0.4 is 10.1 Å². The molecule has 1 aromatic heterocycles. The van der Waals surface area contributed by atoms with E-state index in [4.69, 9.17) is 4.74 Å². The molecular formula is C22H21F3N4O2S. The van der Waals surface area contributed by atoms with Crippen molar-refractivity contribution in [3.8, 4) is 5.75 Å². The number of methoxy groups -OCH3 is 1. The van der Waals surface area contributed by atoms with Crippen LogP contribution in [0.5, 0.6) is 5.75 Å². The summed E-state index contributed by atoms with van der Waals surface area (Å²) < 4.78 is 45.5. The van der Waals surface area contributed by atoms with Crippen LogP contribution in [0.15, 0.2) is 66.3 Å². The molecule has 0 unspecified atom stereocenters. The number of nitrogens with zero attached hydrogens (tertiary/aromatic N) is 3. The fraction of sp³-hybridized carbons (Fsp3) is 0.227. The average molecular weight is 462 g/mol. The van der Waals surface area contributed by atoms with Gasteiger partial charge < -0.3 is 14.6 Å². The van der Waals surface area contributed by atoms with Gasteiger partial charge in [0.2, 0.25) is 5.91 Å². The number of halogens is 3. The number of nitrogens with one attached hydrogen (secondary N) is 1. The van der Waals surface area contributed by atoms with Gasteiger partial charge in [0, 0.05) is 18.7 Å². The van der Waals surface area contributed by atoms with Gasteiger partial charge in [-0.2, -0.15) is 13.2 Å². The van der Waals surface area contributed by atoms with E-state index in [0.717, 1.165) is 35.2 Å². The zero-order valence-corrected chi connectivity index (χ0v) is 18.0. The normalized spacial score (nSPS) is 11.2. The largest absolute Gasteiger partial charge is 0.497 e. The van der Waals surface area contributed by atoms with E-state index in [9.17, 15) is 18.0 Å². The molecule has 2 aromatic carbocycles. The van der Waals surface area contributed by atoms with E-state index in [1.807, 2.05) is 28.8 Å². The smallest absolute Gasteiger partial charge is 0.416 e. The average Bonchev–Trinajstić information content (AvgIpc) is 3.14. The number of carbonyl (C=O) groups excluding carboxylic acids is 1. The first kappa shape index (κ1) is 23.4.